The summed E-state index contributed by atoms with van der Waals surface area (Å²) in [6.07, 6.45) is 0. The van der Waals surface area contributed by atoms with E-state index in [1.54, 1.807) is 11.3 Å². The van der Waals surface area contributed by atoms with Crippen molar-refractivity contribution in [1.82, 2.24) is 0 Å². The van der Waals surface area contributed by atoms with Crippen LogP contribution in [0.15, 0.2) is 60.7 Å². The molecular weight excluding hydrogens is 264 g/mol. The number of hydrogen-bond acceptors (Lipinski definition) is 2. The second-order valence-electron chi connectivity index (χ2n) is 4.63. The third-order valence-electron chi connectivity index (χ3n) is 3.35. The van der Waals surface area contributed by atoms with Gasteiger partial charge in [0.1, 0.15) is 0 Å². The van der Waals surface area contributed by atoms with Crippen molar-refractivity contribution in [2.45, 2.75) is 0 Å². The van der Waals surface area contributed by atoms with Gasteiger partial charge in [-0.2, -0.15) is 0 Å². The van der Waals surface area contributed by atoms with Crippen molar-refractivity contribution in [2.75, 3.05) is 12.4 Å². The van der Waals surface area contributed by atoms with E-state index in [9.17, 15) is 0 Å². The molecule has 2 nitrogen and oxygen atoms in total. The summed E-state index contributed by atoms with van der Waals surface area (Å²) in [6, 6.07) is 21.1. The minimum Gasteiger partial charge on any atom is -0.268 e. The van der Waals surface area contributed by atoms with Crippen LogP contribution in [-0.4, -0.2) is 7.05 Å². The molecule has 0 unspecified atom stereocenters. The Kier molecular flexibility index (Phi) is 3.52. The summed E-state index contributed by atoms with van der Waals surface area (Å²) in [5, 5.41) is 4.43. The maximum absolute atomic E-state index is 3.28. The van der Waals surface area contributed by atoms with Gasteiger partial charge in [-0.05, 0) is 16.9 Å². The van der Waals surface area contributed by atoms with E-state index in [4.69, 9.17) is 0 Å². The van der Waals surface area contributed by atoms with Crippen LogP contribution in [0.2, 0.25) is 0 Å². The first-order chi connectivity index (χ1) is 9.81. The van der Waals surface area contributed by atoms with Gasteiger partial charge in [-0.25, -0.2) is 4.57 Å². The largest absolute Gasteiger partial charge is 0.334 e. The van der Waals surface area contributed by atoms with Crippen molar-refractivity contribution in [2.24, 2.45) is 7.05 Å². The number of hydrogen-bond donors (Lipinski definition) is 1. The zero-order chi connectivity index (χ0) is 13.9. The molecule has 1 N–H and O–H groups in total. The van der Waals surface area contributed by atoms with Crippen molar-refractivity contribution < 1.29 is 4.57 Å². The zero-order valence-electron chi connectivity index (χ0n) is 11.6. The highest BCUT2D eigenvalue weighted by atomic mass is 32.1. The third kappa shape index (κ3) is 2.21. The first-order valence-electron chi connectivity index (χ1n) is 6.62. The van der Waals surface area contributed by atoms with Crippen LogP contribution in [-0.2, 0) is 7.05 Å². The van der Waals surface area contributed by atoms with Gasteiger partial charge >= 0.3 is 5.13 Å². The molecule has 0 spiro atoms. The van der Waals surface area contributed by atoms with Gasteiger partial charge in [0.2, 0.25) is 0 Å². The van der Waals surface area contributed by atoms with Crippen molar-refractivity contribution >= 4 is 16.5 Å². The Morgan fingerprint density at radius 1 is 0.850 bits per heavy atom. The number of nitrogens with zero attached hydrogens (tertiary/aromatic N) is 1. The minimum absolute atomic E-state index is 1.16. The number of anilines is 1. The smallest absolute Gasteiger partial charge is 0.268 e. The molecule has 20 heavy (non-hydrogen) atoms. The molecule has 0 amide bonds. The summed E-state index contributed by atoms with van der Waals surface area (Å²) < 4.78 is 2.22. The normalized spacial score (nSPS) is 10.5. The predicted octanol–water partition coefficient (Wildman–Crippen LogP) is 3.95. The summed E-state index contributed by atoms with van der Waals surface area (Å²) >= 11 is 1.79. The molecule has 3 rings (SSSR count). The molecule has 0 saturated carbocycles. The predicted molar refractivity (Wildman–Crippen MR) is 85.9 cm³/mol. The van der Waals surface area contributed by atoms with Crippen LogP contribution in [0.5, 0.6) is 0 Å². The van der Waals surface area contributed by atoms with Crippen LogP contribution >= 0.6 is 11.3 Å². The van der Waals surface area contributed by atoms with Crippen LogP contribution in [0.3, 0.4) is 0 Å². The Morgan fingerprint density at radius 2 is 1.40 bits per heavy atom. The lowest BCUT2D eigenvalue weighted by atomic mass is 10.1. The van der Waals surface area contributed by atoms with E-state index in [1.165, 1.54) is 21.7 Å². The molecule has 0 aliphatic heterocycles. The molecule has 3 heteroatoms. The Bertz CT molecular complexity index is 703. The average Bonchev–Trinajstić information content (AvgIpc) is 2.86. The molecule has 0 fully saturated rings. The van der Waals surface area contributed by atoms with Gasteiger partial charge in [-0.1, -0.05) is 60.7 Å². The standard InChI is InChI=1S/C17H16N2S/c1-18-17-19(2)15(13-9-5-3-6-10-13)16(20-17)14-11-7-4-8-12-14/h3-12H,1-2H3/p+1. The number of nitrogens with one attached hydrogen (secondary N) is 1. The van der Waals surface area contributed by atoms with E-state index in [0.717, 1.165) is 5.13 Å². The lowest BCUT2D eigenvalue weighted by molar-refractivity contribution is -0.641. The fourth-order valence-corrected chi connectivity index (χ4v) is 3.52. The molecule has 1 aromatic heterocycles. The van der Waals surface area contributed by atoms with Crippen LogP contribution in [0.1, 0.15) is 0 Å². The highest BCUT2D eigenvalue weighted by molar-refractivity contribution is 7.19. The molecule has 0 saturated heterocycles. The van der Waals surface area contributed by atoms with Crippen LogP contribution < -0.4 is 9.88 Å². The van der Waals surface area contributed by atoms with Gasteiger partial charge in [-0.3, -0.25) is 5.32 Å². The molecular formula is C17H17N2S+. The van der Waals surface area contributed by atoms with Crippen molar-refractivity contribution in [3.05, 3.63) is 60.7 Å². The third-order valence-corrected chi connectivity index (χ3v) is 4.66. The summed E-state index contributed by atoms with van der Waals surface area (Å²) in [5.41, 5.74) is 3.76. The van der Waals surface area contributed by atoms with Gasteiger partial charge in [0.05, 0.1) is 19.0 Å². The van der Waals surface area contributed by atoms with Gasteiger partial charge in [0.25, 0.3) is 0 Å². The fourth-order valence-electron chi connectivity index (χ4n) is 2.39. The van der Waals surface area contributed by atoms with Crippen LogP contribution in [0.4, 0.5) is 5.13 Å². The molecule has 2 aromatic carbocycles. The number of benzene rings is 2. The van der Waals surface area contributed by atoms with Crippen molar-refractivity contribution in [3.63, 3.8) is 0 Å². The zero-order valence-corrected chi connectivity index (χ0v) is 12.4. The minimum atomic E-state index is 1.16. The maximum Gasteiger partial charge on any atom is 0.334 e. The van der Waals surface area contributed by atoms with Gasteiger partial charge < -0.3 is 0 Å². The SMILES string of the molecule is CNc1sc(-c2ccccc2)c(-c2ccccc2)[n+]1C. The molecule has 0 aliphatic rings. The summed E-state index contributed by atoms with van der Waals surface area (Å²) in [5.74, 6) is 0. The van der Waals surface area contributed by atoms with Gasteiger partial charge in [-0.15, -0.1) is 0 Å². The molecule has 3 aromatic rings. The Labute approximate surface area is 123 Å². The van der Waals surface area contributed by atoms with Crippen molar-refractivity contribution in [1.29, 1.82) is 0 Å². The highest BCUT2D eigenvalue weighted by Gasteiger charge is 2.22. The van der Waals surface area contributed by atoms with Gasteiger partial charge in [0, 0.05) is 5.56 Å². The summed E-state index contributed by atoms with van der Waals surface area (Å²) in [4.78, 5) is 1.30. The second kappa shape index (κ2) is 5.47. The Hall–Kier alpha value is -2.13. The lowest BCUT2D eigenvalue weighted by Gasteiger charge is -2.03. The number of rotatable bonds is 3. The van der Waals surface area contributed by atoms with Crippen LogP contribution in [0.25, 0.3) is 21.7 Å². The quantitative estimate of drug-likeness (QED) is 0.719. The first-order valence-corrected chi connectivity index (χ1v) is 7.44. The average molecular weight is 281 g/mol. The van der Waals surface area contributed by atoms with E-state index in [1.807, 2.05) is 7.05 Å². The monoisotopic (exact) mass is 281 g/mol. The lowest BCUT2D eigenvalue weighted by Crippen LogP contribution is -2.31. The molecule has 100 valence electrons. The topological polar surface area (TPSA) is 15.9 Å². The van der Waals surface area contributed by atoms with E-state index in [0.29, 0.717) is 0 Å². The Balaban J connectivity index is 2.25. The maximum atomic E-state index is 3.28. The number of aromatic nitrogens is 1. The van der Waals surface area contributed by atoms with E-state index >= 15 is 0 Å². The first kappa shape index (κ1) is 12.9. The molecule has 0 aliphatic carbocycles. The summed E-state index contributed by atoms with van der Waals surface area (Å²) in [7, 11) is 4.08. The fraction of sp³-hybridized carbons (Fsp3) is 0.118. The molecule has 1 heterocycles. The van der Waals surface area contributed by atoms with Crippen LogP contribution in [0, 0.1) is 0 Å². The Morgan fingerprint density at radius 3 is 1.95 bits per heavy atom. The van der Waals surface area contributed by atoms with Crippen molar-refractivity contribution in [3.8, 4) is 21.7 Å². The number of thiazole rings is 1. The molecule has 0 bridgehead atoms. The second-order valence-corrected chi connectivity index (χ2v) is 5.63. The van der Waals surface area contributed by atoms with E-state index in [-0.39, 0.29) is 0 Å². The van der Waals surface area contributed by atoms with E-state index < -0.39 is 0 Å². The van der Waals surface area contributed by atoms with E-state index in [2.05, 4.69) is 77.6 Å². The summed E-state index contributed by atoms with van der Waals surface area (Å²) in [6.45, 7) is 0. The van der Waals surface area contributed by atoms with Gasteiger partial charge in [0.15, 0.2) is 5.69 Å². The molecule has 0 radical (unpaired) electrons. The highest BCUT2D eigenvalue weighted by Crippen LogP contribution is 2.36. The molecule has 0 atom stereocenters.